The number of aromatic nitrogens is 2. The van der Waals surface area contributed by atoms with Gasteiger partial charge in [0.1, 0.15) is 0 Å². The van der Waals surface area contributed by atoms with E-state index >= 15 is 0 Å². The summed E-state index contributed by atoms with van der Waals surface area (Å²) in [6.07, 6.45) is 5.96. The fourth-order valence-corrected chi connectivity index (χ4v) is 4.11. The van der Waals surface area contributed by atoms with E-state index in [9.17, 15) is 4.79 Å². The Labute approximate surface area is 117 Å². The monoisotopic (exact) mass is 269 g/mol. The molecule has 4 rings (SSSR count). The number of nitrogens with one attached hydrogen (secondary N) is 2. The maximum absolute atomic E-state index is 12.2. The van der Waals surface area contributed by atoms with Gasteiger partial charge in [0.15, 0.2) is 5.82 Å². The number of carbonyl (C=O) groups is 1. The Hall–Kier alpha value is -1.84. The average Bonchev–Trinajstić information content (AvgIpc) is 3.14. The van der Waals surface area contributed by atoms with Gasteiger partial charge in [-0.15, -0.1) is 0 Å². The lowest BCUT2D eigenvalue weighted by molar-refractivity contribution is -0.117. The van der Waals surface area contributed by atoms with E-state index in [0.717, 1.165) is 22.7 Å². The zero-order chi connectivity index (χ0) is 13.5. The van der Waals surface area contributed by atoms with Crippen LogP contribution in [0.4, 0.5) is 5.82 Å². The van der Waals surface area contributed by atoms with Crippen LogP contribution < -0.4 is 5.32 Å². The second-order valence-electron chi connectivity index (χ2n) is 6.31. The third kappa shape index (κ3) is 1.99. The molecule has 4 nitrogen and oxygen atoms in total. The number of aromatic amines is 1. The fourth-order valence-electron chi connectivity index (χ4n) is 4.11. The van der Waals surface area contributed by atoms with Crippen LogP contribution in [0.15, 0.2) is 24.3 Å². The van der Waals surface area contributed by atoms with Crippen molar-refractivity contribution in [2.45, 2.75) is 32.1 Å². The van der Waals surface area contributed by atoms with Gasteiger partial charge in [-0.05, 0) is 49.1 Å². The van der Waals surface area contributed by atoms with Crippen LogP contribution in [0.5, 0.6) is 0 Å². The first kappa shape index (κ1) is 11.9. The molecule has 3 unspecified atom stereocenters. The number of rotatable bonds is 3. The summed E-state index contributed by atoms with van der Waals surface area (Å²) in [7, 11) is 0. The predicted octanol–water partition coefficient (Wildman–Crippen LogP) is 3.33. The van der Waals surface area contributed by atoms with Crippen LogP contribution in [0.2, 0.25) is 0 Å². The van der Waals surface area contributed by atoms with Crippen molar-refractivity contribution in [1.82, 2.24) is 10.2 Å². The van der Waals surface area contributed by atoms with E-state index < -0.39 is 0 Å². The smallest absolute Gasteiger partial charge is 0.225 e. The van der Waals surface area contributed by atoms with Crippen molar-refractivity contribution in [2.75, 3.05) is 5.32 Å². The summed E-state index contributed by atoms with van der Waals surface area (Å²) in [5, 5.41) is 11.1. The lowest BCUT2D eigenvalue weighted by Crippen LogP contribution is -2.20. The molecule has 2 bridgehead atoms. The van der Waals surface area contributed by atoms with Crippen molar-refractivity contribution in [3.63, 3.8) is 0 Å². The SMILES string of the molecule is O=C(CC1CC2CCC1C2)Nc1n[nH]c2ccccc12. The summed E-state index contributed by atoms with van der Waals surface area (Å²) in [5.41, 5.74) is 0.961. The predicted molar refractivity (Wildman–Crippen MR) is 78.3 cm³/mol. The number of hydrogen-bond acceptors (Lipinski definition) is 2. The van der Waals surface area contributed by atoms with Crippen molar-refractivity contribution in [3.8, 4) is 0 Å². The van der Waals surface area contributed by atoms with Gasteiger partial charge in [0.05, 0.1) is 5.52 Å². The molecule has 2 aliphatic rings. The van der Waals surface area contributed by atoms with Crippen LogP contribution in [0, 0.1) is 17.8 Å². The fraction of sp³-hybridized carbons (Fsp3) is 0.500. The van der Waals surface area contributed by atoms with Crippen LogP contribution in [-0.2, 0) is 4.79 Å². The van der Waals surface area contributed by atoms with Crippen LogP contribution in [0.1, 0.15) is 32.1 Å². The van der Waals surface area contributed by atoms with E-state index in [1.807, 2.05) is 24.3 Å². The van der Waals surface area contributed by atoms with Crippen LogP contribution in [-0.4, -0.2) is 16.1 Å². The Morgan fingerprint density at radius 3 is 3.00 bits per heavy atom. The minimum atomic E-state index is 0.111. The van der Waals surface area contributed by atoms with Crippen molar-refractivity contribution < 1.29 is 4.79 Å². The normalized spacial score (nSPS) is 28.1. The largest absolute Gasteiger partial charge is 0.309 e. The molecule has 104 valence electrons. The zero-order valence-electron chi connectivity index (χ0n) is 11.4. The Balaban J connectivity index is 1.45. The molecule has 1 amide bonds. The number of para-hydroxylation sites is 1. The van der Waals surface area contributed by atoms with E-state index in [1.54, 1.807) is 0 Å². The molecule has 0 aliphatic heterocycles. The van der Waals surface area contributed by atoms with E-state index in [1.165, 1.54) is 25.7 Å². The number of amides is 1. The Bertz CT molecular complexity index is 648. The van der Waals surface area contributed by atoms with Gasteiger partial charge in [-0.3, -0.25) is 9.89 Å². The summed E-state index contributed by atoms with van der Waals surface area (Å²) in [4.78, 5) is 12.2. The number of anilines is 1. The number of carbonyl (C=O) groups excluding carboxylic acids is 1. The summed E-state index contributed by atoms with van der Waals surface area (Å²) in [5.74, 6) is 3.05. The lowest BCUT2D eigenvalue weighted by atomic mass is 9.86. The number of hydrogen-bond donors (Lipinski definition) is 2. The van der Waals surface area contributed by atoms with Crippen molar-refractivity contribution >= 4 is 22.6 Å². The maximum atomic E-state index is 12.2. The molecule has 0 radical (unpaired) electrons. The maximum Gasteiger partial charge on any atom is 0.225 e. The molecule has 20 heavy (non-hydrogen) atoms. The second-order valence-corrected chi connectivity index (χ2v) is 6.31. The highest BCUT2D eigenvalue weighted by Gasteiger charge is 2.40. The van der Waals surface area contributed by atoms with E-state index in [-0.39, 0.29) is 5.91 Å². The lowest BCUT2D eigenvalue weighted by Gasteiger charge is -2.20. The van der Waals surface area contributed by atoms with Crippen molar-refractivity contribution in [2.24, 2.45) is 17.8 Å². The van der Waals surface area contributed by atoms with Crippen LogP contribution >= 0.6 is 0 Å². The molecule has 2 aromatic rings. The number of benzene rings is 1. The molecular weight excluding hydrogens is 250 g/mol. The molecule has 2 aliphatic carbocycles. The van der Waals surface area contributed by atoms with Gasteiger partial charge in [-0.25, -0.2) is 0 Å². The first-order chi connectivity index (χ1) is 9.79. The van der Waals surface area contributed by atoms with Gasteiger partial charge in [-0.2, -0.15) is 5.10 Å². The Kier molecular flexibility index (Phi) is 2.76. The van der Waals surface area contributed by atoms with E-state index in [0.29, 0.717) is 18.2 Å². The highest BCUT2D eigenvalue weighted by molar-refractivity contribution is 5.99. The third-order valence-corrected chi connectivity index (χ3v) is 5.06. The highest BCUT2D eigenvalue weighted by atomic mass is 16.1. The van der Waals surface area contributed by atoms with Crippen LogP contribution in [0.3, 0.4) is 0 Å². The molecule has 1 heterocycles. The Morgan fingerprint density at radius 1 is 1.30 bits per heavy atom. The minimum Gasteiger partial charge on any atom is -0.309 e. The number of fused-ring (bicyclic) bond motifs is 3. The molecule has 1 aromatic heterocycles. The highest BCUT2D eigenvalue weighted by Crippen LogP contribution is 2.49. The quantitative estimate of drug-likeness (QED) is 0.898. The summed E-state index contributed by atoms with van der Waals surface area (Å²) < 4.78 is 0. The molecule has 0 spiro atoms. The van der Waals surface area contributed by atoms with Crippen LogP contribution in [0.25, 0.3) is 10.9 Å². The molecule has 2 fully saturated rings. The third-order valence-electron chi connectivity index (χ3n) is 5.06. The average molecular weight is 269 g/mol. The molecule has 3 atom stereocenters. The van der Waals surface area contributed by atoms with Gasteiger partial charge in [0.25, 0.3) is 0 Å². The van der Waals surface area contributed by atoms with E-state index in [4.69, 9.17) is 0 Å². The number of nitrogens with zero attached hydrogens (tertiary/aromatic N) is 1. The summed E-state index contributed by atoms with van der Waals surface area (Å²) in [6.45, 7) is 0. The first-order valence-corrected chi connectivity index (χ1v) is 7.52. The van der Waals surface area contributed by atoms with Crippen molar-refractivity contribution in [3.05, 3.63) is 24.3 Å². The first-order valence-electron chi connectivity index (χ1n) is 7.52. The topological polar surface area (TPSA) is 57.8 Å². The Morgan fingerprint density at radius 2 is 2.20 bits per heavy atom. The van der Waals surface area contributed by atoms with E-state index in [2.05, 4.69) is 15.5 Å². The van der Waals surface area contributed by atoms with Gasteiger partial charge in [-0.1, -0.05) is 18.6 Å². The molecule has 0 saturated heterocycles. The van der Waals surface area contributed by atoms with Crippen molar-refractivity contribution in [1.29, 1.82) is 0 Å². The summed E-state index contributed by atoms with van der Waals surface area (Å²) in [6, 6.07) is 7.87. The zero-order valence-corrected chi connectivity index (χ0v) is 11.4. The second kappa shape index (κ2) is 4.62. The molecule has 1 aromatic carbocycles. The number of H-pyrrole nitrogens is 1. The van der Waals surface area contributed by atoms with Gasteiger partial charge < -0.3 is 5.32 Å². The summed E-state index contributed by atoms with van der Waals surface area (Å²) >= 11 is 0. The minimum absolute atomic E-state index is 0.111. The molecular formula is C16H19N3O. The standard InChI is InChI=1S/C16H19N3O/c20-15(9-12-8-10-5-6-11(12)7-10)17-16-13-3-1-2-4-14(13)18-19-16/h1-4,10-12H,5-9H2,(H2,17,18,19,20). The molecule has 2 saturated carbocycles. The van der Waals surface area contributed by atoms with Gasteiger partial charge >= 0.3 is 0 Å². The van der Waals surface area contributed by atoms with Gasteiger partial charge in [0.2, 0.25) is 5.91 Å². The van der Waals surface area contributed by atoms with Gasteiger partial charge in [0, 0.05) is 11.8 Å². The molecule has 4 heteroatoms. The molecule has 2 N–H and O–H groups in total.